The van der Waals surface area contributed by atoms with Crippen molar-refractivity contribution in [2.24, 2.45) is 0 Å². The Kier molecular flexibility index (Phi) is 6.04. The predicted octanol–water partition coefficient (Wildman–Crippen LogP) is 15.9. The van der Waals surface area contributed by atoms with Gasteiger partial charge in [0.25, 0.3) is 0 Å². The second-order valence-corrected chi connectivity index (χ2v) is 15.7. The zero-order chi connectivity index (χ0) is 36.5. The van der Waals surface area contributed by atoms with E-state index in [0.29, 0.717) is 0 Å². The van der Waals surface area contributed by atoms with E-state index >= 15 is 0 Å². The van der Waals surface area contributed by atoms with Crippen molar-refractivity contribution >= 4 is 108 Å². The molecule has 0 saturated carbocycles. The van der Waals surface area contributed by atoms with Crippen LogP contribution in [0.15, 0.2) is 183 Å². The molecule has 0 N–H and O–H groups in total. The van der Waals surface area contributed by atoms with Gasteiger partial charge in [0.2, 0.25) is 0 Å². The van der Waals surface area contributed by atoms with Crippen molar-refractivity contribution in [1.82, 2.24) is 0 Å². The molecule has 260 valence electrons. The van der Waals surface area contributed by atoms with Gasteiger partial charge in [-0.3, -0.25) is 0 Å². The molecule has 9 aromatic carbocycles. The van der Waals surface area contributed by atoms with Gasteiger partial charge in [-0.2, -0.15) is 0 Å². The highest BCUT2D eigenvalue weighted by atomic mass is 32.1. The lowest BCUT2D eigenvalue weighted by molar-refractivity contribution is 0.617. The second kappa shape index (κ2) is 11.2. The number of furan rings is 3. The topological polar surface area (TPSA) is 39.4 Å². The van der Waals surface area contributed by atoms with Gasteiger partial charge >= 0.3 is 0 Å². The lowest BCUT2D eigenvalue weighted by Gasteiger charge is -2.18. The van der Waals surface area contributed by atoms with Crippen LogP contribution in [0.25, 0.3) is 130 Å². The van der Waals surface area contributed by atoms with Crippen LogP contribution in [0.1, 0.15) is 0 Å². The minimum Gasteiger partial charge on any atom is -0.464 e. The Hall–Kier alpha value is -7.14. The summed E-state index contributed by atoms with van der Waals surface area (Å²) in [6.45, 7) is 0. The Morgan fingerprint density at radius 2 is 0.929 bits per heavy atom. The van der Waals surface area contributed by atoms with Gasteiger partial charge < -0.3 is 13.3 Å². The van der Waals surface area contributed by atoms with Crippen LogP contribution in [0.3, 0.4) is 0 Å². The van der Waals surface area contributed by atoms with Crippen LogP contribution in [0.2, 0.25) is 0 Å². The van der Waals surface area contributed by atoms with Gasteiger partial charge in [0, 0.05) is 58.2 Å². The van der Waals surface area contributed by atoms with Gasteiger partial charge in [-0.1, -0.05) is 133 Å². The number of hydrogen-bond acceptors (Lipinski definition) is 4. The van der Waals surface area contributed by atoms with Gasteiger partial charge in [0.05, 0.1) is 6.26 Å². The van der Waals surface area contributed by atoms with Crippen molar-refractivity contribution in [3.05, 3.63) is 170 Å². The summed E-state index contributed by atoms with van der Waals surface area (Å²) in [5.74, 6) is 0. The summed E-state index contributed by atoms with van der Waals surface area (Å²) >= 11 is 1.86. The summed E-state index contributed by atoms with van der Waals surface area (Å²) in [6, 6.07) is 58.5. The number of thiophene rings is 1. The summed E-state index contributed by atoms with van der Waals surface area (Å²) in [7, 11) is 0. The predicted molar refractivity (Wildman–Crippen MR) is 235 cm³/mol. The molecule has 0 aliphatic carbocycles. The summed E-state index contributed by atoms with van der Waals surface area (Å²) in [5.41, 5.74) is 11.2. The summed E-state index contributed by atoms with van der Waals surface area (Å²) < 4.78 is 22.1. The lowest BCUT2D eigenvalue weighted by Crippen LogP contribution is -1.90. The largest absolute Gasteiger partial charge is 0.464 e. The Morgan fingerprint density at radius 1 is 0.339 bits per heavy atom. The van der Waals surface area contributed by atoms with Crippen LogP contribution < -0.4 is 0 Å². The standard InChI is InChI=1S/C52H28O3S/c1-2-13-29(14-3-1)45-31-16-4-6-18-33(31)46(34-19-7-5-17-32(34)45)38-22-12-21-35-36-25-26-44-48(52(36)56-51(35)38)41(28-53-44)39-27-40-30-15-8-10-23-42(30)54-49(40)50-47(39)37-20-9-11-24-43(37)55-50/h1-28H. The van der Waals surface area contributed by atoms with Gasteiger partial charge in [0.1, 0.15) is 16.7 Å². The smallest absolute Gasteiger partial charge is 0.179 e. The Labute approximate surface area is 323 Å². The second-order valence-electron chi connectivity index (χ2n) is 14.7. The fourth-order valence-electron chi connectivity index (χ4n) is 9.39. The molecule has 13 rings (SSSR count). The summed E-state index contributed by atoms with van der Waals surface area (Å²) in [5, 5.41) is 12.8. The number of rotatable bonds is 3. The first-order chi connectivity index (χ1) is 27.8. The van der Waals surface area contributed by atoms with Crippen LogP contribution in [-0.4, -0.2) is 0 Å². The van der Waals surface area contributed by atoms with Gasteiger partial charge in [-0.25, -0.2) is 0 Å². The van der Waals surface area contributed by atoms with Gasteiger partial charge in [0.15, 0.2) is 11.2 Å². The lowest BCUT2D eigenvalue weighted by atomic mass is 9.86. The van der Waals surface area contributed by atoms with Crippen LogP contribution >= 0.6 is 11.3 Å². The molecule has 0 saturated heterocycles. The Morgan fingerprint density at radius 3 is 1.68 bits per heavy atom. The number of benzene rings is 9. The molecule has 0 atom stereocenters. The Bertz CT molecular complexity index is 3710. The Balaban J connectivity index is 1.14. The monoisotopic (exact) mass is 732 g/mol. The van der Waals surface area contributed by atoms with Crippen molar-refractivity contribution in [3.63, 3.8) is 0 Å². The first-order valence-corrected chi connectivity index (χ1v) is 19.7. The minimum absolute atomic E-state index is 0.757. The average Bonchev–Trinajstić information content (AvgIpc) is 4.04. The summed E-state index contributed by atoms with van der Waals surface area (Å²) in [6.07, 6.45) is 1.93. The molecule has 0 spiro atoms. The molecule has 0 aliphatic heterocycles. The number of para-hydroxylation sites is 2. The summed E-state index contributed by atoms with van der Waals surface area (Å²) in [4.78, 5) is 0. The quantitative estimate of drug-likeness (QED) is 0.170. The first kappa shape index (κ1) is 30.2. The fraction of sp³-hybridized carbons (Fsp3) is 0. The van der Waals surface area contributed by atoms with E-state index in [4.69, 9.17) is 13.3 Å². The van der Waals surface area contributed by atoms with E-state index in [2.05, 4.69) is 140 Å². The zero-order valence-electron chi connectivity index (χ0n) is 29.8. The molecule has 0 fully saturated rings. The van der Waals surface area contributed by atoms with Crippen LogP contribution in [0.5, 0.6) is 0 Å². The van der Waals surface area contributed by atoms with E-state index in [1.54, 1.807) is 0 Å². The van der Waals surface area contributed by atoms with E-state index in [0.717, 1.165) is 66.0 Å². The van der Waals surface area contributed by atoms with E-state index in [1.807, 2.05) is 41.9 Å². The molecular weight excluding hydrogens is 705 g/mol. The fourth-order valence-corrected chi connectivity index (χ4v) is 10.8. The first-order valence-electron chi connectivity index (χ1n) is 18.9. The van der Waals surface area contributed by atoms with Crippen molar-refractivity contribution in [2.75, 3.05) is 0 Å². The van der Waals surface area contributed by atoms with E-state index < -0.39 is 0 Å². The maximum absolute atomic E-state index is 6.63. The highest BCUT2D eigenvalue weighted by Gasteiger charge is 2.25. The molecular formula is C52H28O3S. The van der Waals surface area contributed by atoms with Crippen LogP contribution in [0, 0.1) is 0 Å². The van der Waals surface area contributed by atoms with Crippen molar-refractivity contribution in [1.29, 1.82) is 0 Å². The highest BCUT2D eigenvalue weighted by Crippen LogP contribution is 2.52. The molecule has 0 unspecified atom stereocenters. The van der Waals surface area contributed by atoms with E-state index in [1.165, 1.54) is 64.0 Å². The molecule has 0 aliphatic rings. The third-order valence-electron chi connectivity index (χ3n) is 11.7. The number of hydrogen-bond donors (Lipinski definition) is 0. The van der Waals surface area contributed by atoms with Crippen molar-refractivity contribution < 1.29 is 13.3 Å². The maximum atomic E-state index is 6.63. The van der Waals surface area contributed by atoms with Crippen LogP contribution in [0.4, 0.5) is 0 Å². The van der Waals surface area contributed by atoms with Crippen LogP contribution in [-0.2, 0) is 0 Å². The van der Waals surface area contributed by atoms with Crippen molar-refractivity contribution in [3.8, 4) is 33.4 Å². The molecule has 4 heterocycles. The average molecular weight is 733 g/mol. The molecule has 4 heteroatoms. The van der Waals surface area contributed by atoms with E-state index in [9.17, 15) is 0 Å². The third kappa shape index (κ3) is 4.01. The normalized spacial score (nSPS) is 12.3. The zero-order valence-corrected chi connectivity index (χ0v) is 30.6. The van der Waals surface area contributed by atoms with Crippen molar-refractivity contribution in [2.45, 2.75) is 0 Å². The molecule has 4 aromatic heterocycles. The minimum atomic E-state index is 0.757. The molecule has 0 radical (unpaired) electrons. The third-order valence-corrected chi connectivity index (χ3v) is 13.0. The molecule has 13 aromatic rings. The van der Waals surface area contributed by atoms with Gasteiger partial charge in [-0.05, 0) is 74.1 Å². The highest BCUT2D eigenvalue weighted by molar-refractivity contribution is 7.27. The molecule has 3 nitrogen and oxygen atoms in total. The number of fused-ring (bicyclic) bond motifs is 14. The van der Waals surface area contributed by atoms with Gasteiger partial charge in [-0.15, -0.1) is 11.3 Å². The van der Waals surface area contributed by atoms with E-state index in [-0.39, 0.29) is 0 Å². The molecule has 56 heavy (non-hydrogen) atoms. The SMILES string of the molecule is c1ccc(-c2c3ccccc3c(-c3cccc4c3sc3c4ccc4occ(-c5cc6c7ccccc7oc6c6oc7ccccc7c56)c43)c3ccccc23)cc1. The molecule has 0 bridgehead atoms. The molecule has 0 amide bonds. The maximum Gasteiger partial charge on any atom is 0.179 e.